The van der Waals surface area contributed by atoms with Crippen LogP contribution in [-0.2, 0) is 11.3 Å². The summed E-state index contributed by atoms with van der Waals surface area (Å²) in [6, 6.07) is 0. The zero-order valence-electron chi connectivity index (χ0n) is 12.7. The third-order valence-corrected chi connectivity index (χ3v) is 3.28. The topological polar surface area (TPSA) is 46.9 Å². The maximum absolute atomic E-state index is 11.6. The first kappa shape index (κ1) is 16.8. The number of unbranched alkanes of at least 4 members (excludes halogenated alkanes) is 1. The van der Waals surface area contributed by atoms with Crippen molar-refractivity contribution in [3.63, 3.8) is 0 Å². The summed E-state index contributed by atoms with van der Waals surface area (Å²) < 4.78 is 1.79. The summed E-state index contributed by atoms with van der Waals surface area (Å²) in [6.07, 6.45) is 5.32. The molecule has 1 amide bonds. The lowest BCUT2D eigenvalue weighted by Gasteiger charge is -2.05. The standard InChI is InChI=1S/C15H24ClN3O/c1-5-6-9-17-14(20)8-7-13-12(4)18-19(15(13)16)10-11(2)3/h7-8,11H,5-6,9-10H2,1-4H3,(H,17,20)/b8-7+. The van der Waals surface area contributed by atoms with Gasteiger partial charge in [0.05, 0.1) is 5.69 Å². The van der Waals surface area contributed by atoms with Gasteiger partial charge in [-0.25, -0.2) is 0 Å². The molecule has 0 saturated carbocycles. The summed E-state index contributed by atoms with van der Waals surface area (Å²) in [5.41, 5.74) is 1.66. The highest BCUT2D eigenvalue weighted by Gasteiger charge is 2.12. The smallest absolute Gasteiger partial charge is 0.244 e. The quantitative estimate of drug-likeness (QED) is 0.619. The molecule has 5 heteroatoms. The number of nitrogens with zero attached hydrogens (tertiary/aromatic N) is 2. The van der Waals surface area contributed by atoms with Crippen molar-refractivity contribution < 1.29 is 4.79 Å². The monoisotopic (exact) mass is 297 g/mol. The SMILES string of the molecule is CCCCNC(=O)/C=C/c1c(C)nn(CC(C)C)c1Cl. The molecule has 1 heterocycles. The van der Waals surface area contributed by atoms with Gasteiger partial charge in [0.2, 0.25) is 5.91 Å². The van der Waals surface area contributed by atoms with Gasteiger partial charge in [-0.05, 0) is 25.3 Å². The number of aromatic nitrogens is 2. The molecule has 112 valence electrons. The largest absolute Gasteiger partial charge is 0.353 e. The van der Waals surface area contributed by atoms with E-state index in [2.05, 4.69) is 31.2 Å². The van der Waals surface area contributed by atoms with Gasteiger partial charge < -0.3 is 5.32 Å². The Morgan fingerprint density at radius 2 is 2.20 bits per heavy atom. The maximum atomic E-state index is 11.6. The van der Waals surface area contributed by atoms with Crippen LogP contribution in [0, 0.1) is 12.8 Å². The van der Waals surface area contributed by atoms with Crippen molar-refractivity contribution in [2.75, 3.05) is 6.54 Å². The lowest BCUT2D eigenvalue weighted by molar-refractivity contribution is -0.116. The average Bonchev–Trinajstić information content (AvgIpc) is 2.62. The number of carbonyl (C=O) groups is 1. The van der Waals surface area contributed by atoms with Gasteiger partial charge >= 0.3 is 0 Å². The van der Waals surface area contributed by atoms with E-state index in [0.717, 1.165) is 30.6 Å². The van der Waals surface area contributed by atoms with Gasteiger partial charge in [0.25, 0.3) is 0 Å². The Morgan fingerprint density at radius 3 is 2.80 bits per heavy atom. The van der Waals surface area contributed by atoms with E-state index in [0.29, 0.717) is 17.6 Å². The van der Waals surface area contributed by atoms with Crippen LogP contribution in [0.5, 0.6) is 0 Å². The van der Waals surface area contributed by atoms with E-state index in [1.807, 2.05) is 6.92 Å². The minimum atomic E-state index is -0.0921. The molecule has 0 unspecified atom stereocenters. The Morgan fingerprint density at radius 1 is 1.50 bits per heavy atom. The Kier molecular flexibility index (Phi) is 6.79. The van der Waals surface area contributed by atoms with Gasteiger partial charge in [-0.1, -0.05) is 38.8 Å². The van der Waals surface area contributed by atoms with Crippen molar-refractivity contribution in [2.45, 2.75) is 47.1 Å². The van der Waals surface area contributed by atoms with E-state index in [9.17, 15) is 4.79 Å². The van der Waals surface area contributed by atoms with Gasteiger partial charge in [0, 0.05) is 24.7 Å². The molecule has 0 aliphatic heterocycles. The van der Waals surface area contributed by atoms with Crippen LogP contribution < -0.4 is 5.32 Å². The molecule has 1 aromatic heterocycles. The molecule has 0 radical (unpaired) electrons. The number of halogens is 1. The van der Waals surface area contributed by atoms with Crippen molar-refractivity contribution in [3.8, 4) is 0 Å². The van der Waals surface area contributed by atoms with Gasteiger partial charge in [-0.15, -0.1) is 0 Å². The van der Waals surface area contributed by atoms with Crippen LogP contribution in [0.4, 0.5) is 0 Å². The third kappa shape index (κ3) is 5.00. The van der Waals surface area contributed by atoms with Crippen LogP contribution in [0.2, 0.25) is 5.15 Å². The molecule has 20 heavy (non-hydrogen) atoms. The van der Waals surface area contributed by atoms with E-state index in [-0.39, 0.29) is 5.91 Å². The van der Waals surface area contributed by atoms with Crippen LogP contribution in [-0.4, -0.2) is 22.2 Å². The second-order valence-corrected chi connectivity index (χ2v) is 5.70. The van der Waals surface area contributed by atoms with Crippen molar-refractivity contribution >= 4 is 23.6 Å². The molecule has 0 aliphatic rings. The highest BCUT2D eigenvalue weighted by molar-refractivity contribution is 6.31. The number of hydrogen-bond acceptors (Lipinski definition) is 2. The minimum absolute atomic E-state index is 0.0921. The summed E-state index contributed by atoms with van der Waals surface area (Å²) in [6.45, 7) is 9.70. The second kappa shape index (κ2) is 8.10. The van der Waals surface area contributed by atoms with Gasteiger partial charge in [0.15, 0.2) is 0 Å². The molecule has 0 saturated heterocycles. The number of amides is 1. The van der Waals surface area contributed by atoms with E-state index in [1.165, 1.54) is 6.08 Å². The van der Waals surface area contributed by atoms with Crippen LogP contribution >= 0.6 is 11.6 Å². The van der Waals surface area contributed by atoms with Gasteiger partial charge in [-0.3, -0.25) is 9.48 Å². The zero-order chi connectivity index (χ0) is 15.1. The molecule has 0 aromatic carbocycles. The molecular formula is C15H24ClN3O. The Hall–Kier alpha value is -1.29. The highest BCUT2D eigenvalue weighted by atomic mass is 35.5. The van der Waals surface area contributed by atoms with Crippen LogP contribution in [0.15, 0.2) is 6.08 Å². The lowest BCUT2D eigenvalue weighted by Crippen LogP contribution is -2.21. The van der Waals surface area contributed by atoms with E-state index >= 15 is 0 Å². The molecule has 0 bridgehead atoms. The van der Waals surface area contributed by atoms with E-state index < -0.39 is 0 Å². The van der Waals surface area contributed by atoms with Crippen LogP contribution in [0.1, 0.15) is 44.9 Å². The van der Waals surface area contributed by atoms with Gasteiger partial charge in [-0.2, -0.15) is 5.10 Å². The molecule has 0 atom stereocenters. The average molecular weight is 298 g/mol. The summed E-state index contributed by atoms with van der Waals surface area (Å²) in [5.74, 6) is 0.381. The zero-order valence-corrected chi connectivity index (χ0v) is 13.5. The van der Waals surface area contributed by atoms with Crippen molar-refractivity contribution in [1.29, 1.82) is 0 Å². The number of aryl methyl sites for hydroxylation is 1. The van der Waals surface area contributed by atoms with Crippen LogP contribution in [0.3, 0.4) is 0 Å². The van der Waals surface area contributed by atoms with Crippen molar-refractivity contribution in [1.82, 2.24) is 15.1 Å². The Labute approximate surface area is 126 Å². The molecule has 0 aliphatic carbocycles. The summed E-state index contributed by atoms with van der Waals surface area (Å²) in [7, 11) is 0. The van der Waals surface area contributed by atoms with Crippen LogP contribution in [0.25, 0.3) is 6.08 Å². The molecule has 0 fully saturated rings. The first-order valence-corrected chi connectivity index (χ1v) is 7.52. The fourth-order valence-corrected chi connectivity index (χ4v) is 2.14. The van der Waals surface area contributed by atoms with E-state index in [1.54, 1.807) is 10.8 Å². The molecular weight excluding hydrogens is 274 g/mol. The fourth-order valence-electron chi connectivity index (χ4n) is 1.83. The number of carbonyl (C=O) groups excluding carboxylic acids is 1. The predicted molar refractivity (Wildman–Crippen MR) is 83.8 cm³/mol. The molecule has 0 spiro atoms. The molecule has 1 N–H and O–H groups in total. The van der Waals surface area contributed by atoms with Gasteiger partial charge in [0.1, 0.15) is 5.15 Å². The number of rotatable bonds is 7. The van der Waals surface area contributed by atoms with Crippen molar-refractivity contribution in [3.05, 3.63) is 22.5 Å². The normalized spacial score (nSPS) is 11.5. The Bertz CT molecular complexity index is 478. The molecule has 1 rings (SSSR count). The first-order chi connectivity index (χ1) is 9.45. The highest BCUT2D eigenvalue weighted by Crippen LogP contribution is 2.22. The lowest BCUT2D eigenvalue weighted by atomic mass is 10.2. The Balaban J connectivity index is 2.72. The predicted octanol–water partition coefficient (Wildman–Crippen LogP) is 3.43. The third-order valence-electron chi connectivity index (χ3n) is 2.88. The number of nitrogens with one attached hydrogen (secondary N) is 1. The molecule has 1 aromatic rings. The first-order valence-electron chi connectivity index (χ1n) is 7.14. The van der Waals surface area contributed by atoms with Crippen molar-refractivity contribution in [2.24, 2.45) is 5.92 Å². The minimum Gasteiger partial charge on any atom is -0.353 e. The summed E-state index contributed by atoms with van der Waals surface area (Å²) in [4.78, 5) is 11.6. The summed E-state index contributed by atoms with van der Waals surface area (Å²) in [5, 5.41) is 7.83. The second-order valence-electron chi connectivity index (χ2n) is 5.34. The molecule has 4 nitrogen and oxygen atoms in total. The maximum Gasteiger partial charge on any atom is 0.244 e. The summed E-state index contributed by atoms with van der Waals surface area (Å²) >= 11 is 6.30. The fraction of sp³-hybridized carbons (Fsp3) is 0.600. The number of hydrogen-bond donors (Lipinski definition) is 1. The van der Waals surface area contributed by atoms with E-state index in [4.69, 9.17) is 11.6 Å².